The molecule has 0 aromatic heterocycles. The molecule has 0 spiro atoms. The highest BCUT2D eigenvalue weighted by Gasteiger charge is 2.44. The molecular weight excluding hydrogens is 1090 g/mol. The van der Waals surface area contributed by atoms with E-state index in [1.165, 1.54) is 0 Å². The third-order valence-corrected chi connectivity index (χ3v) is 14.8. The third kappa shape index (κ3) is 15.0. The molecule has 9 aromatic rings. The molecule has 4 atom stereocenters. The molecule has 2 aliphatic heterocycles. The molecule has 11 rings (SSSR count). The number of hydrogen-bond acceptors (Lipinski definition) is 10. The van der Waals surface area contributed by atoms with Gasteiger partial charge in [-0.1, -0.05) is 186 Å². The van der Waals surface area contributed by atoms with Crippen LogP contribution in [0.4, 0.5) is 0 Å². The molecule has 82 heavy (non-hydrogen) atoms. The Labute approximate surface area is 489 Å². The molecule has 0 N–H and O–H groups in total. The van der Waals surface area contributed by atoms with E-state index in [2.05, 4.69) is 113 Å². The van der Waals surface area contributed by atoms with Crippen LogP contribution in [0.2, 0.25) is 0 Å². The molecule has 2 fully saturated rings. The van der Waals surface area contributed by atoms with Crippen LogP contribution in [0.15, 0.2) is 224 Å². The van der Waals surface area contributed by atoms with E-state index in [4.69, 9.17) is 47.4 Å². The lowest BCUT2D eigenvalue weighted by Gasteiger charge is -2.20. The van der Waals surface area contributed by atoms with Gasteiger partial charge in [-0.25, -0.2) is 0 Å². The van der Waals surface area contributed by atoms with Gasteiger partial charge in [-0.15, -0.1) is 0 Å². The largest absolute Gasteiger partial charge is 0.489 e. The first-order valence-corrected chi connectivity index (χ1v) is 28.9. The zero-order valence-electron chi connectivity index (χ0n) is 46.6. The van der Waals surface area contributed by atoms with Crippen molar-refractivity contribution in [3.05, 3.63) is 286 Å². The van der Waals surface area contributed by atoms with Crippen molar-refractivity contribution in [1.82, 2.24) is 0 Å². The van der Waals surface area contributed by atoms with Gasteiger partial charge < -0.3 is 47.4 Å². The minimum atomic E-state index is -0.842. The number of rotatable bonds is 23. The fourth-order valence-electron chi connectivity index (χ4n) is 10.1. The molecule has 0 amide bonds. The van der Waals surface area contributed by atoms with Gasteiger partial charge in [-0.05, 0) is 125 Å². The molecule has 2 heterocycles. The van der Waals surface area contributed by atoms with Gasteiger partial charge >= 0.3 is 0 Å². The van der Waals surface area contributed by atoms with Crippen molar-refractivity contribution < 1.29 is 47.4 Å². The van der Waals surface area contributed by atoms with Crippen LogP contribution in [0.5, 0.6) is 34.5 Å². The minimum absolute atomic E-state index is 0.352. The molecule has 0 saturated carbocycles. The van der Waals surface area contributed by atoms with Crippen molar-refractivity contribution in [3.8, 4) is 34.5 Å². The topological polar surface area (TPSA) is 92.3 Å². The van der Waals surface area contributed by atoms with Crippen molar-refractivity contribution in [3.63, 3.8) is 0 Å². The van der Waals surface area contributed by atoms with Gasteiger partial charge in [0.15, 0.2) is 11.6 Å². The molecule has 10 nitrogen and oxygen atoms in total. The van der Waals surface area contributed by atoms with Crippen LogP contribution < -0.4 is 28.4 Å². The Morgan fingerprint density at radius 3 is 0.768 bits per heavy atom. The predicted octanol–water partition coefficient (Wildman–Crippen LogP) is 17.2. The molecule has 9 aromatic carbocycles. The van der Waals surface area contributed by atoms with Crippen LogP contribution >= 0.6 is 15.9 Å². The second-order valence-electron chi connectivity index (χ2n) is 21.5. The number of ether oxygens (including phenoxy) is 10. The predicted molar refractivity (Wildman–Crippen MR) is 320 cm³/mol. The molecule has 0 radical (unpaired) electrons. The summed E-state index contributed by atoms with van der Waals surface area (Å²) in [5, 5.41) is 0.636. The molecular formula is C71H67BrO10. The molecule has 2 saturated heterocycles. The SMILES string of the molecule is CC1(C)O[C@H](c2ccc(COc3cc(CBr)cc(OCc4ccc([C@H]5OC(C)(C)O[C@@H]5c5cc(OCc6ccccc6)cc(OCc6ccccc6)c5)cc4)c3)cc2)[C@@H](c2cc(OCc3ccccc3)cc(OCc3ccccc3)c2)O1. The Morgan fingerprint density at radius 1 is 0.280 bits per heavy atom. The van der Waals surface area contributed by atoms with Gasteiger partial charge in [0.05, 0.1) is 0 Å². The summed E-state index contributed by atoms with van der Waals surface area (Å²) in [6.07, 6.45) is -1.66. The lowest BCUT2D eigenvalue weighted by atomic mass is 9.97. The first kappa shape index (κ1) is 56.0. The van der Waals surface area contributed by atoms with E-state index in [0.29, 0.717) is 79.5 Å². The zero-order chi connectivity index (χ0) is 56.3. The number of halogens is 1. The maximum absolute atomic E-state index is 6.66. The highest BCUT2D eigenvalue weighted by atomic mass is 79.9. The van der Waals surface area contributed by atoms with Crippen LogP contribution in [0, 0.1) is 0 Å². The molecule has 2 aliphatic rings. The maximum atomic E-state index is 6.66. The van der Waals surface area contributed by atoms with E-state index < -0.39 is 36.0 Å². The van der Waals surface area contributed by atoms with Crippen LogP contribution in [0.3, 0.4) is 0 Å². The van der Waals surface area contributed by atoms with E-state index in [-0.39, 0.29) is 0 Å². The Bertz CT molecular complexity index is 3140. The lowest BCUT2D eigenvalue weighted by molar-refractivity contribution is -0.147. The molecule has 0 unspecified atom stereocenters. The van der Waals surface area contributed by atoms with Gasteiger partial charge in [0.1, 0.15) is 98.6 Å². The second-order valence-corrected chi connectivity index (χ2v) is 22.1. The molecule has 11 heteroatoms. The number of benzene rings is 9. The summed E-state index contributed by atoms with van der Waals surface area (Å²) in [4.78, 5) is 0. The summed E-state index contributed by atoms with van der Waals surface area (Å²) >= 11 is 3.66. The van der Waals surface area contributed by atoms with Gasteiger partial charge in [0, 0.05) is 23.5 Å². The monoisotopic (exact) mass is 1160 g/mol. The maximum Gasteiger partial charge on any atom is 0.164 e. The van der Waals surface area contributed by atoms with Crippen molar-refractivity contribution in [1.29, 1.82) is 0 Å². The Morgan fingerprint density at radius 2 is 0.512 bits per heavy atom. The van der Waals surface area contributed by atoms with Gasteiger partial charge in [0.25, 0.3) is 0 Å². The normalized spacial score (nSPS) is 17.9. The van der Waals surface area contributed by atoms with Gasteiger partial charge in [-0.3, -0.25) is 0 Å². The van der Waals surface area contributed by atoms with E-state index in [0.717, 1.165) is 61.2 Å². The lowest BCUT2D eigenvalue weighted by Crippen LogP contribution is -2.20. The van der Waals surface area contributed by atoms with Gasteiger partial charge in [-0.2, -0.15) is 0 Å². The highest BCUT2D eigenvalue weighted by Crippen LogP contribution is 2.50. The third-order valence-electron chi connectivity index (χ3n) is 14.2. The summed E-state index contributed by atoms with van der Waals surface area (Å²) in [7, 11) is 0. The fraction of sp³-hybridized carbons (Fsp3) is 0.239. The standard InChI is InChI=1S/C71H67BrO10/c1-70(2)79-66(68(81-70)58-35-62(75-43-49-17-9-5-10-18-49)40-63(36-58)76-44-50-19-11-6-12-20-50)56-29-25-53(26-30-56)47-73-60-33-55(42-72)34-61(39-60)74-48-54-27-31-57(32-28-54)67-69(82-71(3,4)80-67)59-37-64(77-45-51-21-13-7-14-22-51)41-65(38-59)78-46-52-23-15-8-16-24-52/h5-41,66-69H,42-48H2,1-4H3/t66-,67-,68-,69-/m1/s1. The van der Waals surface area contributed by atoms with Crippen molar-refractivity contribution in [2.24, 2.45) is 0 Å². The quantitative estimate of drug-likeness (QED) is 0.0577. The van der Waals surface area contributed by atoms with Crippen LogP contribution in [0.25, 0.3) is 0 Å². The molecule has 0 aliphatic carbocycles. The van der Waals surface area contributed by atoms with Crippen LogP contribution in [-0.2, 0) is 63.9 Å². The summed E-state index contributed by atoms with van der Waals surface area (Å²) in [6, 6.07) is 75.1. The zero-order valence-corrected chi connectivity index (χ0v) is 48.2. The van der Waals surface area contributed by atoms with E-state index in [1.807, 2.05) is 155 Å². The second kappa shape index (κ2) is 25.9. The Kier molecular flexibility index (Phi) is 17.7. The minimum Gasteiger partial charge on any atom is -0.489 e. The average molecular weight is 1160 g/mol. The van der Waals surface area contributed by atoms with E-state index >= 15 is 0 Å². The van der Waals surface area contributed by atoms with E-state index in [1.54, 1.807) is 0 Å². The number of alkyl halides is 1. The van der Waals surface area contributed by atoms with Crippen molar-refractivity contribution in [2.75, 3.05) is 0 Å². The smallest absolute Gasteiger partial charge is 0.164 e. The highest BCUT2D eigenvalue weighted by molar-refractivity contribution is 9.08. The Balaban J connectivity index is 0.741. The van der Waals surface area contributed by atoms with Gasteiger partial charge in [0.2, 0.25) is 0 Å². The average Bonchev–Trinajstić information content (AvgIpc) is 4.20. The molecule has 418 valence electrons. The van der Waals surface area contributed by atoms with Crippen LogP contribution in [0.1, 0.15) is 113 Å². The van der Waals surface area contributed by atoms with Crippen LogP contribution in [-0.4, -0.2) is 11.6 Å². The fourth-order valence-corrected chi connectivity index (χ4v) is 10.4. The number of hydrogen-bond donors (Lipinski definition) is 0. The Hall–Kier alpha value is -7.90. The van der Waals surface area contributed by atoms with Crippen molar-refractivity contribution in [2.45, 2.75) is 109 Å². The van der Waals surface area contributed by atoms with Crippen molar-refractivity contribution >= 4 is 15.9 Å². The summed E-state index contributed by atoms with van der Waals surface area (Å²) in [6.45, 7) is 10.2. The van der Waals surface area contributed by atoms with E-state index in [9.17, 15) is 0 Å². The first-order valence-electron chi connectivity index (χ1n) is 27.8. The summed E-state index contributed by atoms with van der Waals surface area (Å²) in [5.74, 6) is 2.46. The summed E-state index contributed by atoms with van der Waals surface area (Å²) < 4.78 is 64.9. The summed E-state index contributed by atoms with van der Waals surface area (Å²) in [5.41, 5.74) is 11.1. The first-order chi connectivity index (χ1) is 39.9. The molecule has 0 bridgehead atoms.